The monoisotopic (exact) mass is 436 g/mol. The summed E-state index contributed by atoms with van der Waals surface area (Å²) >= 11 is 5.81. The Labute approximate surface area is 175 Å². The van der Waals surface area contributed by atoms with Gasteiger partial charge in [-0.2, -0.15) is 0 Å². The molecule has 0 aliphatic rings. The number of anilines is 3. The van der Waals surface area contributed by atoms with Crippen molar-refractivity contribution in [1.29, 1.82) is 0 Å². The van der Waals surface area contributed by atoms with Crippen LogP contribution in [0.2, 0.25) is 5.28 Å². The van der Waals surface area contributed by atoms with E-state index in [-0.39, 0.29) is 23.4 Å². The topological polar surface area (TPSA) is 67.4 Å². The van der Waals surface area contributed by atoms with Gasteiger partial charge in [-0.15, -0.1) is 13.2 Å². The van der Waals surface area contributed by atoms with Crippen LogP contribution in [-0.2, 0) is 11.2 Å². The molecular weight excluding hydrogens is 421 g/mol. The van der Waals surface area contributed by atoms with Crippen LogP contribution in [0, 0.1) is 0 Å². The van der Waals surface area contributed by atoms with E-state index in [1.165, 1.54) is 12.1 Å². The molecule has 3 aromatic rings. The van der Waals surface area contributed by atoms with Gasteiger partial charge in [0.25, 0.3) is 0 Å². The van der Waals surface area contributed by atoms with Gasteiger partial charge in [0.15, 0.2) is 0 Å². The van der Waals surface area contributed by atoms with Crippen LogP contribution in [0.5, 0.6) is 5.75 Å². The summed E-state index contributed by atoms with van der Waals surface area (Å²) in [4.78, 5) is 22.0. The summed E-state index contributed by atoms with van der Waals surface area (Å²) in [6.07, 6.45) is -3.10. The van der Waals surface area contributed by atoms with Gasteiger partial charge in [0, 0.05) is 24.6 Å². The van der Waals surface area contributed by atoms with Crippen LogP contribution in [0.1, 0.15) is 5.56 Å². The summed E-state index contributed by atoms with van der Waals surface area (Å²) in [7, 11) is 1.83. The summed E-state index contributed by atoms with van der Waals surface area (Å²) < 4.78 is 40.3. The Morgan fingerprint density at radius 3 is 2.37 bits per heavy atom. The van der Waals surface area contributed by atoms with Crippen LogP contribution >= 0.6 is 11.6 Å². The largest absolute Gasteiger partial charge is 0.573 e. The Kier molecular flexibility index (Phi) is 6.41. The number of benzene rings is 2. The van der Waals surface area contributed by atoms with Crippen molar-refractivity contribution >= 4 is 34.7 Å². The second-order valence-corrected chi connectivity index (χ2v) is 6.54. The van der Waals surface area contributed by atoms with Gasteiger partial charge in [0.1, 0.15) is 11.6 Å². The summed E-state index contributed by atoms with van der Waals surface area (Å²) in [5, 5.41) is 2.78. The quantitative estimate of drug-likeness (QED) is 0.552. The minimum absolute atomic E-state index is 0.101. The number of aromatic nitrogens is 2. The zero-order valence-corrected chi connectivity index (χ0v) is 16.4. The van der Waals surface area contributed by atoms with Crippen molar-refractivity contribution in [2.45, 2.75) is 12.8 Å². The molecule has 0 spiro atoms. The molecule has 0 atom stereocenters. The number of carbonyl (C=O) groups excluding carboxylic acids is 1. The van der Waals surface area contributed by atoms with Gasteiger partial charge in [0.2, 0.25) is 11.2 Å². The van der Waals surface area contributed by atoms with Gasteiger partial charge in [-0.1, -0.05) is 12.1 Å². The Morgan fingerprint density at radius 2 is 1.77 bits per heavy atom. The van der Waals surface area contributed by atoms with Crippen molar-refractivity contribution < 1.29 is 22.7 Å². The second-order valence-electron chi connectivity index (χ2n) is 6.21. The highest BCUT2D eigenvalue weighted by atomic mass is 35.5. The van der Waals surface area contributed by atoms with E-state index >= 15 is 0 Å². The number of carbonyl (C=O) groups is 1. The summed E-state index contributed by atoms with van der Waals surface area (Å²) in [5.41, 5.74) is 1.98. The maximum Gasteiger partial charge on any atom is 0.573 e. The molecule has 0 unspecified atom stereocenters. The fourth-order valence-corrected chi connectivity index (χ4v) is 2.76. The predicted octanol–water partition coefficient (Wildman–Crippen LogP) is 4.98. The lowest BCUT2D eigenvalue weighted by molar-refractivity contribution is -0.274. The Bertz CT molecular complexity index is 1010. The smallest absolute Gasteiger partial charge is 0.406 e. The molecule has 2 aromatic carbocycles. The molecule has 0 aliphatic heterocycles. The lowest BCUT2D eigenvalue weighted by atomic mass is 10.1. The standard InChI is InChI=1S/C20H16ClF3N4O2/c1-28(17-10-11-25-19(21)27-17)15-6-2-13(3-7-15)12-18(29)26-14-4-8-16(9-5-14)30-20(22,23)24/h2-11H,12H2,1H3,(H,26,29). The van der Waals surface area contributed by atoms with Crippen molar-refractivity contribution in [3.63, 3.8) is 0 Å². The fraction of sp³-hybridized carbons (Fsp3) is 0.150. The summed E-state index contributed by atoms with van der Waals surface area (Å²) in [6.45, 7) is 0. The number of rotatable bonds is 6. The third-order valence-electron chi connectivity index (χ3n) is 4.02. The van der Waals surface area contributed by atoms with Crippen LogP contribution in [0.3, 0.4) is 0 Å². The number of ether oxygens (including phenoxy) is 1. The van der Waals surface area contributed by atoms with Gasteiger partial charge in [-0.25, -0.2) is 9.97 Å². The molecule has 0 saturated heterocycles. The first-order valence-electron chi connectivity index (χ1n) is 8.66. The number of halogens is 4. The normalized spacial score (nSPS) is 11.1. The van der Waals surface area contributed by atoms with Crippen molar-refractivity contribution in [1.82, 2.24) is 9.97 Å². The molecule has 1 heterocycles. The average Bonchev–Trinajstić information content (AvgIpc) is 2.68. The highest BCUT2D eigenvalue weighted by Crippen LogP contribution is 2.25. The molecule has 0 saturated carbocycles. The van der Waals surface area contributed by atoms with Crippen LogP contribution in [-0.4, -0.2) is 29.3 Å². The number of amides is 1. The van der Waals surface area contributed by atoms with E-state index in [0.717, 1.165) is 23.4 Å². The molecule has 1 N–H and O–H groups in total. The number of hydrogen-bond donors (Lipinski definition) is 1. The first-order valence-corrected chi connectivity index (χ1v) is 9.04. The predicted molar refractivity (Wildman–Crippen MR) is 107 cm³/mol. The first-order chi connectivity index (χ1) is 14.2. The summed E-state index contributed by atoms with van der Waals surface area (Å²) in [6, 6.07) is 13.9. The molecule has 3 rings (SSSR count). The Balaban J connectivity index is 1.58. The highest BCUT2D eigenvalue weighted by Gasteiger charge is 2.30. The van der Waals surface area contributed by atoms with Gasteiger partial charge < -0.3 is 15.0 Å². The Morgan fingerprint density at radius 1 is 1.10 bits per heavy atom. The van der Waals surface area contributed by atoms with E-state index in [1.54, 1.807) is 24.4 Å². The third kappa shape index (κ3) is 6.08. The van der Waals surface area contributed by atoms with Crippen LogP contribution < -0.4 is 15.0 Å². The molecule has 0 fully saturated rings. The lowest BCUT2D eigenvalue weighted by Crippen LogP contribution is -2.17. The van der Waals surface area contributed by atoms with E-state index in [0.29, 0.717) is 11.5 Å². The van der Waals surface area contributed by atoms with E-state index in [9.17, 15) is 18.0 Å². The van der Waals surface area contributed by atoms with E-state index < -0.39 is 6.36 Å². The molecule has 30 heavy (non-hydrogen) atoms. The average molecular weight is 437 g/mol. The highest BCUT2D eigenvalue weighted by molar-refractivity contribution is 6.28. The van der Waals surface area contributed by atoms with Gasteiger partial charge in [-0.05, 0) is 59.6 Å². The maximum atomic E-state index is 12.2. The Hall–Kier alpha value is -3.33. The lowest BCUT2D eigenvalue weighted by Gasteiger charge is -2.18. The van der Waals surface area contributed by atoms with Crippen molar-refractivity contribution in [2.24, 2.45) is 0 Å². The van der Waals surface area contributed by atoms with Gasteiger partial charge >= 0.3 is 6.36 Å². The molecule has 1 amide bonds. The molecule has 10 heteroatoms. The fourth-order valence-electron chi connectivity index (χ4n) is 2.61. The number of nitrogens with zero attached hydrogens (tertiary/aromatic N) is 3. The number of alkyl halides is 3. The number of hydrogen-bond acceptors (Lipinski definition) is 5. The minimum atomic E-state index is -4.76. The van der Waals surface area contributed by atoms with E-state index in [1.807, 2.05) is 24.1 Å². The zero-order chi connectivity index (χ0) is 21.7. The van der Waals surface area contributed by atoms with Crippen molar-refractivity contribution in [3.8, 4) is 5.75 Å². The third-order valence-corrected chi connectivity index (χ3v) is 4.20. The molecule has 6 nitrogen and oxygen atoms in total. The van der Waals surface area contributed by atoms with Crippen LogP contribution in [0.15, 0.2) is 60.8 Å². The second kappa shape index (κ2) is 9.00. The molecule has 1 aromatic heterocycles. The SMILES string of the molecule is CN(c1ccc(CC(=O)Nc2ccc(OC(F)(F)F)cc2)cc1)c1ccnc(Cl)n1. The van der Waals surface area contributed by atoms with Gasteiger partial charge in [0.05, 0.1) is 6.42 Å². The molecule has 0 bridgehead atoms. The van der Waals surface area contributed by atoms with Crippen LogP contribution in [0.4, 0.5) is 30.4 Å². The van der Waals surface area contributed by atoms with Gasteiger partial charge in [-0.3, -0.25) is 4.79 Å². The molecule has 0 radical (unpaired) electrons. The molecular formula is C20H16ClF3N4O2. The zero-order valence-electron chi connectivity index (χ0n) is 15.7. The van der Waals surface area contributed by atoms with Crippen LogP contribution in [0.25, 0.3) is 0 Å². The molecule has 0 aliphatic carbocycles. The first kappa shape index (κ1) is 21.4. The summed E-state index contributed by atoms with van der Waals surface area (Å²) in [5.74, 6) is -0.0354. The van der Waals surface area contributed by atoms with Crippen molar-refractivity contribution in [3.05, 3.63) is 71.6 Å². The van der Waals surface area contributed by atoms with E-state index in [2.05, 4.69) is 20.0 Å². The maximum absolute atomic E-state index is 12.2. The minimum Gasteiger partial charge on any atom is -0.406 e. The number of nitrogens with one attached hydrogen (secondary N) is 1. The molecule has 156 valence electrons. The van der Waals surface area contributed by atoms with E-state index in [4.69, 9.17) is 11.6 Å². The van der Waals surface area contributed by atoms with Crippen molar-refractivity contribution in [2.75, 3.05) is 17.3 Å².